The standard InChI is InChI=1S/C51H62FNO3.CO2/c1-31-16-17-33(28-42(31)52)40-21-23-48(5)43(47(40,3)4)22-24-50(7)44(48)19-18-41-45-34(32(2)29-54)20-25-51(45,27-26-49(41,50)6)53-46(55)56-30-39-37-14-10-8-12-35(37)36-13-9-11-15-38(36)39;2-1-3/h8-17,21,28-29,32,34,39,41,43-45H,18-20,22-27,30H2,1-7H3,(H,53,55);/t32?,34-,41+,43-,44+,45+,48-,49+,50+,51-;/m0./s1. The second-order valence-corrected chi connectivity index (χ2v) is 20.6. The summed E-state index contributed by atoms with van der Waals surface area (Å²) in [5, 5.41) is 3.59. The minimum absolute atomic E-state index is 0.0166. The van der Waals surface area contributed by atoms with Crippen LogP contribution in [0.4, 0.5) is 9.18 Å². The van der Waals surface area contributed by atoms with E-state index in [1.807, 2.05) is 13.0 Å². The number of allylic oxidation sites excluding steroid dienone is 2. The van der Waals surface area contributed by atoms with E-state index in [-0.39, 0.29) is 68.9 Å². The van der Waals surface area contributed by atoms with Crippen LogP contribution in [0.2, 0.25) is 0 Å². The van der Waals surface area contributed by atoms with Crippen molar-refractivity contribution in [2.45, 2.75) is 118 Å². The van der Waals surface area contributed by atoms with Gasteiger partial charge in [0.2, 0.25) is 0 Å². The zero-order valence-corrected chi connectivity index (χ0v) is 36.0. The number of halogens is 1. The number of aryl methyl sites for hydroxylation is 1. The Hall–Kier alpha value is -4.35. The van der Waals surface area contributed by atoms with Gasteiger partial charge in [0.1, 0.15) is 18.7 Å². The summed E-state index contributed by atoms with van der Waals surface area (Å²) in [5.74, 6) is 1.80. The Kier molecular flexibility index (Phi) is 10.5. The molecule has 0 spiro atoms. The smallest absolute Gasteiger partial charge is 0.407 e. The molecule has 1 unspecified atom stereocenters. The number of carbonyl (C=O) groups is 2. The van der Waals surface area contributed by atoms with Crippen molar-refractivity contribution >= 4 is 24.1 Å². The molecule has 6 aliphatic carbocycles. The number of hydrogen-bond donors (Lipinski definition) is 1. The van der Waals surface area contributed by atoms with E-state index in [4.69, 9.17) is 14.3 Å². The lowest BCUT2D eigenvalue weighted by molar-refractivity contribution is -0.220. The van der Waals surface area contributed by atoms with Crippen LogP contribution in [-0.4, -0.2) is 30.7 Å². The van der Waals surface area contributed by atoms with Gasteiger partial charge in [-0.3, -0.25) is 0 Å². The van der Waals surface area contributed by atoms with Crippen LogP contribution in [0.15, 0.2) is 72.8 Å². The highest BCUT2D eigenvalue weighted by molar-refractivity contribution is 5.79. The number of fused-ring (bicyclic) bond motifs is 10. The van der Waals surface area contributed by atoms with Crippen molar-refractivity contribution in [2.75, 3.05) is 6.61 Å². The first-order valence-electron chi connectivity index (χ1n) is 22.1. The van der Waals surface area contributed by atoms with E-state index >= 15 is 0 Å². The maximum atomic E-state index is 14.9. The first-order valence-corrected chi connectivity index (χ1v) is 22.1. The fourth-order valence-corrected chi connectivity index (χ4v) is 15.3. The van der Waals surface area contributed by atoms with Crippen molar-refractivity contribution in [3.8, 4) is 11.1 Å². The van der Waals surface area contributed by atoms with Gasteiger partial charge in [0.05, 0.1) is 0 Å². The molecule has 6 aliphatic rings. The number of amides is 1. The summed E-state index contributed by atoms with van der Waals surface area (Å²) in [6, 6.07) is 22.8. The summed E-state index contributed by atoms with van der Waals surface area (Å²) in [4.78, 5) is 42.9. The molecule has 1 N–H and O–H groups in total. The van der Waals surface area contributed by atoms with Gasteiger partial charge in [-0.2, -0.15) is 9.59 Å². The zero-order valence-electron chi connectivity index (χ0n) is 36.0. The highest BCUT2D eigenvalue weighted by atomic mass is 19.1. The van der Waals surface area contributed by atoms with Crippen molar-refractivity contribution < 1.29 is 28.3 Å². The SMILES string of the molecule is Cc1ccc(C2=CC[C@]3(C)[C@H]4CC[C@@H]5[C@H]6[C@H](C(C)C=O)CC[C@]6(NC(=O)OCC6c7ccccc7-c7ccccc76)CC[C@@]5(C)[C@]4(C)CC[C@H]3C2(C)C)cc1F.O=C=O. The molecule has 0 saturated heterocycles. The number of alkyl carbamates (subject to hydrolysis) is 1. The van der Waals surface area contributed by atoms with Gasteiger partial charge < -0.3 is 14.8 Å². The van der Waals surface area contributed by atoms with E-state index in [1.54, 1.807) is 6.07 Å². The predicted octanol–water partition coefficient (Wildman–Crippen LogP) is 11.8. The van der Waals surface area contributed by atoms with Gasteiger partial charge in [-0.05, 0) is 161 Å². The quantitative estimate of drug-likeness (QED) is 0.251. The van der Waals surface area contributed by atoms with Gasteiger partial charge in [-0.25, -0.2) is 9.18 Å². The molecule has 4 fully saturated rings. The largest absolute Gasteiger partial charge is 0.449 e. The minimum Gasteiger partial charge on any atom is -0.449 e. The lowest BCUT2D eigenvalue weighted by Gasteiger charge is -2.72. The zero-order chi connectivity index (χ0) is 42.1. The molecular formula is C52H62FNO5. The summed E-state index contributed by atoms with van der Waals surface area (Å²) in [7, 11) is 0. The summed E-state index contributed by atoms with van der Waals surface area (Å²) in [6.45, 7) is 16.9. The van der Waals surface area contributed by atoms with Crippen LogP contribution in [0, 0.1) is 69.9 Å². The molecule has 0 radical (unpaired) electrons. The van der Waals surface area contributed by atoms with Crippen LogP contribution in [0.3, 0.4) is 0 Å². The number of nitrogens with one attached hydrogen (secondary N) is 1. The molecule has 9 rings (SSSR count). The van der Waals surface area contributed by atoms with Gasteiger partial charge in [-0.15, -0.1) is 0 Å². The average Bonchev–Trinajstić information content (AvgIpc) is 3.74. The molecule has 0 aliphatic heterocycles. The second-order valence-electron chi connectivity index (χ2n) is 20.6. The first-order chi connectivity index (χ1) is 28.1. The second kappa shape index (κ2) is 15.0. The lowest BCUT2D eigenvalue weighted by atomic mass is 9.33. The Bertz CT molecular complexity index is 2160. The van der Waals surface area contributed by atoms with Gasteiger partial charge in [0.15, 0.2) is 0 Å². The molecule has 0 heterocycles. The van der Waals surface area contributed by atoms with Crippen LogP contribution in [0.25, 0.3) is 16.7 Å². The van der Waals surface area contributed by atoms with Crippen molar-refractivity contribution in [3.05, 3.63) is 101 Å². The summed E-state index contributed by atoms with van der Waals surface area (Å²) >= 11 is 0. The third-order valence-corrected chi connectivity index (χ3v) is 18.1. The maximum Gasteiger partial charge on any atom is 0.407 e. The number of rotatable bonds is 6. The Balaban J connectivity index is 0.00000157. The Labute approximate surface area is 350 Å². The number of carbonyl (C=O) groups excluding carboxylic acids is 4. The van der Waals surface area contributed by atoms with Crippen LogP contribution in [0.1, 0.15) is 128 Å². The van der Waals surface area contributed by atoms with Crippen LogP contribution >= 0.6 is 0 Å². The fraction of sp³-hybridized carbons (Fsp3) is 0.558. The molecule has 3 aromatic rings. The van der Waals surface area contributed by atoms with Crippen LogP contribution < -0.4 is 5.32 Å². The van der Waals surface area contributed by atoms with Crippen molar-refractivity contribution in [2.24, 2.45) is 57.2 Å². The number of hydrogen-bond acceptors (Lipinski definition) is 5. The molecule has 3 aromatic carbocycles. The number of aldehydes is 1. The Morgan fingerprint density at radius 3 is 2.17 bits per heavy atom. The summed E-state index contributed by atoms with van der Waals surface area (Å²) < 4.78 is 21.1. The van der Waals surface area contributed by atoms with Crippen LogP contribution in [0.5, 0.6) is 0 Å². The molecule has 59 heavy (non-hydrogen) atoms. The molecule has 6 nitrogen and oxygen atoms in total. The van der Waals surface area contributed by atoms with Gasteiger partial charge in [-0.1, -0.05) is 108 Å². The Morgan fingerprint density at radius 2 is 1.53 bits per heavy atom. The molecule has 1 amide bonds. The van der Waals surface area contributed by atoms with Crippen molar-refractivity contribution in [1.29, 1.82) is 0 Å². The Morgan fingerprint density at radius 1 is 0.864 bits per heavy atom. The molecule has 312 valence electrons. The third kappa shape index (κ3) is 6.22. The molecule has 4 saturated carbocycles. The van der Waals surface area contributed by atoms with Crippen molar-refractivity contribution in [1.82, 2.24) is 5.32 Å². The number of benzene rings is 3. The predicted molar refractivity (Wildman–Crippen MR) is 227 cm³/mol. The monoisotopic (exact) mass is 799 g/mol. The van der Waals surface area contributed by atoms with Gasteiger partial charge in [0.25, 0.3) is 0 Å². The molecule has 10 atom stereocenters. The lowest BCUT2D eigenvalue weighted by Crippen LogP contribution is -2.68. The molecule has 7 heteroatoms. The molecule has 0 aromatic heterocycles. The highest BCUT2D eigenvalue weighted by Gasteiger charge is 2.71. The van der Waals surface area contributed by atoms with E-state index in [2.05, 4.69) is 108 Å². The fourth-order valence-electron chi connectivity index (χ4n) is 15.3. The first kappa shape index (κ1) is 41.4. The van der Waals surface area contributed by atoms with Gasteiger partial charge in [0, 0.05) is 17.4 Å². The normalized spacial score (nSPS) is 35.3. The van der Waals surface area contributed by atoms with E-state index < -0.39 is 0 Å². The van der Waals surface area contributed by atoms with Crippen LogP contribution in [-0.2, 0) is 19.1 Å². The third-order valence-electron chi connectivity index (χ3n) is 18.1. The van der Waals surface area contributed by atoms with E-state index in [9.17, 15) is 14.0 Å². The summed E-state index contributed by atoms with van der Waals surface area (Å²) in [5.41, 5.74) is 7.84. The van der Waals surface area contributed by atoms with Gasteiger partial charge >= 0.3 is 12.2 Å². The highest BCUT2D eigenvalue weighted by Crippen LogP contribution is 2.76. The van der Waals surface area contributed by atoms with E-state index in [0.29, 0.717) is 29.9 Å². The minimum atomic E-state index is -0.368. The molecular weight excluding hydrogens is 738 g/mol. The summed E-state index contributed by atoms with van der Waals surface area (Å²) in [6.07, 6.45) is 13.1. The average molecular weight is 800 g/mol. The van der Waals surface area contributed by atoms with E-state index in [0.717, 1.165) is 50.5 Å². The van der Waals surface area contributed by atoms with Crippen molar-refractivity contribution in [3.63, 3.8) is 0 Å². The maximum absolute atomic E-state index is 14.9. The molecule has 0 bridgehead atoms. The number of ether oxygens (including phenoxy) is 1. The van der Waals surface area contributed by atoms with E-state index in [1.165, 1.54) is 47.0 Å². The topological polar surface area (TPSA) is 89.5 Å².